The number of hydrogen-bond donors (Lipinski definition) is 2. The van der Waals surface area contributed by atoms with E-state index in [1.807, 2.05) is 6.07 Å². The van der Waals surface area contributed by atoms with Crippen LogP contribution >= 0.6 is 11.3 Å². The lowest BCUT2D eigenvalue weighted by molar-refractivity contribution is -0.138. The van der Waals surface area contributed by atoms with Gasteiger partial charge in [-0.3, -0.25) is 14.5 Å². The van der Waals surface area contributed by atoms with Gasteiger partial charge in [0.1, 0.15) is 11.1 Å². The van der Waals surface area contributed by atoms with E-state index in [0.717, 1.165) is 0 Å². The summed E-state index contributed by atoms with van der Waals surface area (Å²) < 4.78 is 0. The summed E-state index contributed by atoms with van der Waals surface area (Å²) in [5, 5.41) is 22.2. The van der Waals surface area contributed by atoms with E-state index in [0.29, 0.717) is 10.6 Å². The number of nitrogens with one attached hydrogen (secondary N) is 1. The fourth-order valence-electron chi connectivity index (χ4n) is 1.35. The van der Waals surface area contributed by atoms with Gasteiger partial charge >= 0.3 is 5.97 Å². The number of carboxylic acid groups (broad SMARTS) is 1. The monoisotopic (exact) mass is 277 g/mol. The fourth-order valence-corrected chi connectivity index (χ4v) is 2.11. The van der Waals surface area contributed by atoms with Crippen LogP contribution in [-0.2, 0) is 9.59 Å². The lowest BCUT2D eigenvalue weighted by Gasteiger charge is -2.16. The normalized spacial score (nSPS) is 9.63. The number of hydrogen-bond acceptors (Lipinski definition) is 5. The Morgan fingerprint density at radius 3 is 2.84 bits per heavy atom. The maximum Gasteiger partial charge on any atom is 0.317 e. The molecule has 0 saturated carbocycles. The zero-order chi connectivity index (χ0) is 14.3. The Hall–Kier alpha value is -2.35. The molecule has 1 amide bonds. The van der Waals surface area contributed by atoms with Gasteiger partial charge in [-0.05, 0) is 11.4 Å². The van der Waals surface area contributed by atoms with Crippen LogP contribution in [-0.4, -0.2) is 41.5 Å². The van der Waals surface area contributed by atoms with E-state index < -0.39 is 11.9 Å². The van der Waals surface area contributed by atoms with Crippen LogP contribution in [0.15, 0.2) is 11.4 Å². The van der Waals surface area contributed by atoms with Crippen molar-refractivity contribution in [2.45, 2.75) is 0 Å². The van der Waals surface area contributed by atoms with Gasteiger partial charge in [-0.1, -0.05) is 5.92 Å². The van der Waals surface area contributed by atoms with E-state index >= 15 is 0 Å². The number of carbonyl (C=O) groups excluding carboxylic acids is 1. The van der Waals surface area contributed by atoms with Crippen molar-refractivity contribution in [1.82, 2.24) is 4.90 Å². The van der Waals surface area contributed by atoms with Crippen molar-refractivity contribution < 1.29 is 14.7 Å². The molecule has 1 aromatic rings. The Morgan fingerprint density at radius 2 is 2.26 bits per heavy atom. The molecule has 0 spiro atoms. The predicted octanol–water partition coefficient (Wildman–Crippen LogP) is 0.578. The van der Waals surface area contributed by atoms with Crippen molar-refractivity contribution in [2.24, 2.45) is 0 Å². The summed E-state index contributed by atoms with van der Waals surface area (Å²) in [5.41, 5.74) is 0.375. The molecular formula is C12H11N3O3S. The molecule has 2 N–H and O–H groups in total. The molecule has 0 atom stereocenters. The second-order valence-electron chi connectivity index (χ2n) is 3.57. The van der Waals surface area contributed by atoms with Crippen LogP contribution in [0.5, 0.6) is 0 Å². The van der Waals surface area contributed by atoms with Gasteiger partial charge in [0.25, 0.3) is 0 Å². The highest BCUT2D eigenvalue weighted by molar-refractivity contribution is 7.14. The van der Waals surface area contributed by atoms with Crippen molar-refractivity contribution in [3.05, 3.63) is 17.0 Å². The molecular weight excluding hydrogens is 266 g/mol. The number of carboxylic acids is 1. The Labute approximate surface area is 114 Å². The Balaban J connectivity index is 2.61. The lowest BCUT2D eigenvalue weighted by atomic mass is 10.3. The Morgan fingerprint density at radius 1 is 1.53 bits per heavy atom. The van der Waals surface area contributed by atoms with Gasteiger partial charge < -0.3 is 10.4 Å². The van der Waals surface area contributed by atoms with E-state index in [4.69, 9.17) is 16.8 Å². The minimum Gasteiger partial charge on any atom is -0.480 e. The molecule has 6 nitrogen and oxygen atoms in total. The SMILES string of the molecule is C#CCN(CC(=O)O)CC(=O)Nc1sccc1C#N. The molecule has 0 aliphatic carbocycles. The molecule has 0 aliphatic rings. The first-order chi connectivity index (χ1) is 9.06. The molecule has 19 heavy (non-hydrogen) atoms. The van der Waals surface area contributed by atoms with E-state index in [2.05, 4.69) is 11.2 Å². The molecule has 0 radical (unpaired) electrons. The molecule has 98 valence electrons. The molecule has 0 fully saturated rings. The molecule has 0 aromatic carbocycles. The number of thiophene rings is 1. The standard InChI is InChI=1S/C12H11N3O3S/c1-2-4-15(8-11(17)18)7-10(16)14-12-9(6-13)3-5-19-12/h1,3,5H,4,7-8H2,(H,14,16)(H,17,18). The maximum atomic E-state index is 11.7. The number of rotatable bonds is 6. The summed E-state index contributed by atoms with van der Waals surface area (Å²) in [6.07, 6.45) is 5.11. The van der Waals surface area contributed by atoms with Gasteiger partial charge in [0, 0.05) is 0 Å². The third-order valence-electron chi connectivity index (χ3n) is 2.08. The number of anilines is 1. The highest BCUT2D eigenvalue weighted by atomic mass is 32.1. The summed E-state index contributed by atoms with van der Waals surface area (Å²) in [6.45, 7) is -0.387. The first-order valence-corrected chi connectivity index (χ1v) is 6.09. The van der Waals surface area contributed by atoms with Crippen molar-refractivity contribution >= 4 is 28.2 Å². The number of aliphatic carboxylic acids is 1. The molecule has 7 heteroatoms. The quantitative estimate of drug-likeness (QED) is 0.742. The van der Waals surface area contributed by atoms with Gasteiger partial charge in [-0.2, -0.15) is 5.26 Å². The van der Waals surface area contributed by atoms with Crippen LogP contribution in [0.1, 0.15) is 5.56 Å². The average molecular weight is 277 g/mol. The number of nitrogens with zero attached hydrogens (tertiary/aromatic N) is 2. The Kier molecular flexibility index (Phi) is 5.55. The fraction of sp³-hybridized carbons (Fsp3) is 0.250. The largest absolute Gasteiger partial charge is 0.480 e. The van der Waals surface area contributed by atoms with Crippen LogP contribution in [0.25, 0.3) is 0 Å². The van der Waals surface area contributed by atoms with Gasteiger partial charge in [0.15, 0.2) is 0 Å². The number of amides is 1. The third kappa shape index (κ3) is 4.80. The van der Waals surface area contributed by atoms with Gasteiger partial charge in [-0.25, -0.2) is 0 Å². The van der Waals surface area contributed by atoms with Crippen LogP contribution in [0.2, 0.25) is 0 Å². The number of terminal acetylenes is 1. The first-order valence-electron chi connectivity index (χ1n) is 5.22. The average Bonchev–Trinajstić information content (AvgIpc) is 2.75. The van der Waals surface area contributed by atoms with E-state index in [1.54, 1.807) is 11.4 Å². The second kappa shape index (κ2) is 7.17. The van der Waals surface area contributed by atoms with Gasteiger partial charge in [0.05, 0.1) is 25.2 Å². The van der Waals surface area contributed by atoms with Gasteiger partial charge in [0.2, 0.25) is 5.91 Å². The summed E-state index contributed by atoms with van der Waals surface area (Å²) in [6, 6.07) is 3.54. The topological polar surface area (TPSA) is 93.4 Å². The maximum absolute atomic E-state index is 11.7. The van der Waals surface area contributed by atoms with Crippen molar-refractivity contribution in [2.75, 3.05) is 25.0 Å². The van der Waals surface area contributed by atoms with Crippen molar-refractivity contribution in [3.8, 4) is 18.4 Å². The summed E-state index contributed by atoms with van der Waals surface area (Å²) >= 11 is 1.23. The molecule has 0 unspecified atom stereocenters. The Bertz CT molecular complexity index is 553. The predicted molar refractivity (Wildman–Crippen MR) is 70.6 cm³/mol. The van der Waals surface area contributed by atoms with E-state index in [-0.39, 0.29) is 19.6 Å². The zero-order valence-corrected chi connectivity index (χ0v) is 10.7. The summed E-state index contributed by atoms with van der Waals surface area (Å²) in [4.78, 5) is 23.6. The van der Waals surface area contributed by atoms with E-state index in [9.17, 15) is 9.59 Å². The van der Waals surface area contributed by atoms with Gasteiger partial charge in [-0.15, -0.1) is 17.8 Å². The first kappa shape index (κ1) is 14.7. The van der Waals surface area contributed by atoms with Crippen LogP contribution < -0.4 is 5.32 Å². The minimum absolute atomic E-state index is 0.0647. The second-order valence-corrected chi connectivity index (χ2v) is 4.48. The lowest BCUT2D eigenvalue weighted by Crippen LogP contribution is -2.37. The number of carbonyl (C=O) groups is 2. The molecule has 0 aliphatic heterocycles. The molecule has 1 rings (SSSR count). The van der Waals surface area contributed by atoms with Crippen LogP contribution in [0.3, 0.4) is 0 Å². The molecule has 1 aromatic heterocycles. The smallest absolute Gasteiger partial charge is 0.317 e. The van der Waals surface area contributed by atoms with Crippen molar-refractivity contribution in [3.63, 3.8) is 0 Å². The van der Waals surface area contributed by atoms with Crippen molar-refractivity contribution in [1.29, 1.82) is 5.26 Å². The van der Waals surface area contributed by atoms with E-state index in [1.165, 1.54) is 16.2 Å². The number of nitriles is 1. The minimum atomic E-state index is -1.06. The van der Waals surface area contributed by atoms with Crippen LogP contribution in [0, 0.1) is 23.7 Å². The summed E-state index contributed by atoms with van der Waals surface area (Å²) in [7, 11) is 0. The zero-order valence-electron chi connectivity index (χ0n) is 9.92. The highest BCUT2D eigenvalue weighted by Crippen LogP contribution is 2.21. The highest BCUT2D eigenvalue weighted by Gasteiger charge is 2.14. The third-order valence-corrected chi connectivity index (χ3v) is 2.91. The summed E-state index contributed by atoms with van der Waals surface area (Å²) in [5.74, 6) is 0.827. The molecule has 0 saturated heterocycles. The molecule has 0 bridgehead atoms. The molecule has 1 heterocycles. The van der Waals surface area contributed by atoms with Crippen LogP contribution in [0.4, 0.5) is 5.00 Å².